The van der Waals surface area contributed by atoms with Gasteiger partial charge in [-0.15, -0.1) is 0 Å². The summed E-state index contributed by atoms with van der Waals surface area (Å²) in [6.45, 7) is 1.38. The first-order chi connectivity index (χ1) is 13.9. The van der Waals surface area contributed by atoms with Crippen molar-refractivity contribution in [1.82, 2.24) is 4.72 Å². The van der Waals surface area contributed by atoms with Gasteiger partial charge in [-0.3, -0.25) is 9.52 Å². The Hall–Kier alpha value is -2.83. The first-order valence-corrected chi connectivity index (χ1v) is 12.0. The zero-order valence-electron chi connectivity index (χ0n) is 16.8. The summed E-state index contributed by atoms with van der Waals surface area (Å²) < 4.78 is 62.6. The van der Waals surface area contributed by atoms with E-state index >= 15 is 0 Å². The third-order valence-corrected chi connectivity index (χ3v) is 6.00. The van der Waals surface area contributed by atoms with E-state index in [0.29, 0.717) is 5.75 Å². The molecule has 0 fully saturated rings. The predicted octanol–water partition coefficient (Wildman–Crippen LogP) is 1.38. The highest BCUT2D eigenvalue weighted by Gasteiger charge is 2.22. The number of carbonyl (C=O) groups is 1. The summed E-state index contributed by atoms with van der Waals surface area (Å²) in [6.07, 6.45) is 0.980. The molecule has 0 spiro atoms. The average molecular weight is 458 g/mol. The largest absolute Gasteiger partial charge is 0.497 e. The molecule has 0 saturated heterocycles. The molecule has 2 rings (SSSR count). The van der Waals surface area contributed by atoms with Crippen LogP contribution in [-0.4, -0.2) is 49.3 Å². The lowest BCUT2D eigenvalue weighted by atomic mass is 10.2. The molecule has 0 aliphatic heterocycles. The van der Waals surface area contributed by atoms with Crippen molar-refractivity contribution in [1.29, 1.82) is 0 Å². The van der Waals surface area contributed by atoms with Crippen molar-refractivity contribution in [3.8, 4) is 11.5 Å². The molecule has 2 aromatic rings. The summed E-state index contributed by atoms with van der Waals surface area (Å²) in [6, 6.07) is 8.93. The molecule has 12 heteroatoms. The van der Waals surface area contributed by atoms with Crippen molar-refractivity contribution in [2.75, 3.05) is 30.5 Å². The summed E-state index contributed by atoms with van der Waals surface area (Å²) >= 11 is 0. The van der Waals surface area contributed by atoms with E-state index in [1.807, 2.05) is 0 Å². The number of nitrogens with one attached hydrogen (secondary N) is 3. The highest BCUT2D eigenvalue weighted by atomic mass is 32.2. The lowest BCUT2D eigenvalue weighted by Gasteiger charge is -2.16. The van der Waals surface area contributed by atoms with Gasteiger partial charge in [0.15, 0.2) is 0 Å². The third kappa shape index (κ3) is 6.34. The molecule has 1 amide bonds. The number of methoxy groups -OCH3 is 2. The van der Waals surface area contributed by atoms with Gasteiger partial charge < -0.3 is 14.8 Å². The Morgan fingerprint density at radius 3 is 2.13 bits per heavy atom. The first-order valence-electron chi connectivity index (χ1n) is 8.58. The maximum absolute atomic E-state index is 12.5. The zero-order chi connectivity index (χ0) is 22.5. The number of hydrogen-bond donors (Lipinski definition) is 3. The van der Waals surface area contributed by atoms with E-state index in [1.54, 1.807) is 0 Å². The maximum atomic E-state index is 12.5. The van der Waals surface area contributed by atoms with Crippen LogP contribution in [0.1, 0.15) is 6.92 Å². The summed E-state index contributed by atoms with van der Waals surface area (Å²) in [5.41, 5.74) is 0.381. The van der Waals surface area contributed by atoms with E-state index in [2.05, 4.69) is 14.8 Å². The predicted molar refractivity (Wildman–Crippen MR) is 113 cm³/mol. The SMILES string of the molecule is COc1ccc(S(=O)(=O)N[C@@H](C)C(=O)Nc2ccc(OC)c(NS(C)(=O)=O)c2)cc1. The molecular formula is C18H23N3O7S2. The highest BCUT2D eigenvalue weighted by molar-refractivity contribution is 7.92. The molecule has 0 aliphatic carbocycles. The molecule has 0 unspecified atom stereocenters. The quantitative estimate of drug-likeness (QED) is 0.517. The van der Waals surface area contributed by atoms with Crippen molar-refractivity contribution < 1.29 is 31.1 Å². The van der Waals surface area contributed by atoms with Gasteiger partial charge >= 0.3 is 0 Å². The van der Waals surface area contributed by atoms with Crippen molar-refractivity contribution >= 4 is 37.3 Å². The molecular weight excluding hydrogens is 434 g/mol. The number of amides is 1. The van der Waals surface area contributed by atoms with Crippen LogP contribution in [0.3, 0.4) is 0 Å². The van der Waals surface area contributed by atoms with Crippen LogP contribution in [0, 0.1) is 0 Å². The monoisotopic (exact) mass is 457 g/mol. The molecule has 0 saturated carbocycles. The van der Waals surface area contributed by atoms with E-state index < -0.39 is 32.0 Å². The number of anilines is 2. The Kier molecular flexibility index (Phi) is 7.29. The van der Waals surface area contributed by atoms with Gasteiger partial charge in [0.2, 0.25) is 26.0 Å². The van der Waals surface area contributed by atoms with Crippen LogP contribution in [0.5, 0.6) is 11.5 Å². The van der Waals surface area contributed by atoms with Gasteiger partial charge in [0, 0.05) is 5.69 Å². The van der Waals surface area contributed by atoms with Crippen LogP contribution < -0.4 is 24.2 Å². The molecule has 10 nitrogen and oxygen atoms in total. The number of ether oxygens (including phenoxy) is 2. The summed E-state index contributed by atoms with van der Waals surface area (Å²) in [5, 5.41) is 2.54. The van der Waals surface area contributed by atoms with Crippen LogP contribution in [0.25, 0.3) is 0 Å². The van der Waals surface area contributed by atoms with Gasteiger partial charge in [-0.25, -0.2) is 16.8 Å². The second-order valence-corrected chi connectivity index (χ2v) is 9.76. The van der Waals surface area contributed by atoms with Gasteiger partial charge in [0.05, 0.1) is 37.1 Å². The van der Waals surface area contributed by atoms with Gasteiger partial charge in [0.25, 0.3) is 0 Å². The van der Waals surface area contributed by atoms with Crippen LogP contribution >= 0.6 is 0 Å². The first kappa shape index (κ1) is 23.4. The fourth-order valence-electron chi connectivity index (χ4n) is 2.42. The summed E-state index contributed by atoms with van der Waals surface area (Å²) in [7, 11) is -4.68. The smallest absolute Gasteiger partial charge is 0.242 e. The van der Waals surface area contributed by atoms with Gasteiger partial charge in [-0.05, 0) is 49.4 Å². The molecule has 1 atom stereocenters. The number of benzene rings is 2. The Morgan fingerprint density at radius 1 is 0.967 bits per heavy atom. The van der Waals surface area contributed by atoms with Gasteiger partial charge in [0.1, 0.15) is 11.5 Å². The molecule has 30 heavy (non-hydrogen) atoms. The summed E-state index contributed by atoms with van der Waals surface area (Å²) in [5.74, 6) is 0.118. The minimum atomic E-state index is -3.94. The van der Waals surface area contributed by atoms with E-state index in [-0.39, 0.29) is 22.0 Å². The standard InChI is InChI=1S/C18H23N3O7S2/c1-12(20-30(25,26)15-8-6-14(27-2)7-9-15)18(22)19-13-5-10-17(28-3)16(11-13)21-29(4,23)24/h5-12,20-21H,1-4H3,(H,19,22)/t12-/m0/s1. The number of hydrogen-bond acceptors (Lipinski definition) is 7. The second kappa shape index (κ2) is 9.32. The van der Waals surface area contributed by atoms with E-state index in [4.69, 9.17) is 9.47 Å². The minimum Gasteiger partial charge on any atom is -0.497 e. The lowest BCUT2D eigenvalue weighted by Crippen LogP contribution is -2.41. The van der Waals surface area contributed by atoms with Crippen molar-refractivity contribution in [3.05, 3.63) is 42.5 Å². The van der Waals surface area contributed by atoms with Gasteiger partial charge in [-0.2, -0.15) is 4.72 Å². The molecule has 0 radical (unpaired) electrons. The number of sulfonamides is 2. The molecule has 164 valence electrons. The molecule has 0 aliphatic rings. The zero-order valence-corrected chi connectivity index (χ0v) is 18.4. The average Bonchev–Trinajstić information content (AvgIpc) is 2.66. The van der Waals surface area contributed by atoms with E-state index in [1.165, 1.54) is 63.6 Å². The lowest BCUT2D eigenvalue weighted by molar-refractivity contribution is -0.117. The Balaban J connectivity index is 2.13. The van der Waals surface area contributed by atoms with E-state index in [0.717, 1.165) is 6.26 Å². The van der Waals surface area contributed by atoms with Crippen molar-refractivity contribution in [2.45, 2.75) is 17.9 Å². The molecule has 3 N–H and O–H groups in total. The molecule has 0 bridgehead atoms. The normalized spacial score (nSPS) is 12.7. The third-order valence-electron chi connectivity index (χ3n) is 3.86. The molecule has 2 aromatic carbocycles. The number of rotatable bonds is 9. The Morgan fingerprint density at radius 2 is 1.60 bits per heavy atom. The molecule has 0 heterocycles. The Bertz CT molecular complexity index is 1110. The fourth-order valence-corrected chi connectivity index (χ4v) is 4.19. The topological polar surface area (TPSA) is 140 Å². The van der Waals surface area contributed by atoms with E-state index in [9.17, 15) is 21.6 Å². The number of carbonyl (C=O) groups excluding carboxylic acids is 1. The van der Waals surface area contributed by atoms with Gasteiger partial charge in [-0.1, -0.05) is 0 Å². The molecule has 0 aromatic heterocycles. The van der Waals surface area contributed by atoms with Crippen molar-refractivity contribution in [2.24, 2.45) is 0 Å². The fraction of sp³-hybridized carbons (Fsp3) is 0.278. The van der Waals surface area contributed by atoms with Crippen molar-refractivity contribution in [3.63, 3.8) is 0 Å². The van der Waals surface area contributed by atoms with Crippen LogP contribution in [0.15, 0.2) is 47.4 Å². The van der Waals surface area contributed by atoms with Crippen LogP contribution in [0.2, 0.25) is 0 Å². The maximum Gasteiger partial charge on any atom is 0.242 e. The van der Waals surface area contributed by atoms with Crippen LogP contribution in [0.4, 0.5) is 11.4 Å². The second-order valence-electron chi connectivity index (χ2n) is 6.30. The summed E-state index contributed by atoms with van der Waals surface area (Å²) in [4.78, 5) is 12.4. The van der Waals surface area contributed by atoms with Crippen LogP contribution in [-0.2, 0) is 24.8 Å². The Labute approximate surface area is 175 Å². The highest BCUT2D eigenvalue weighted by Crippen LogP contribution is 2.28. The minimum absolute atomic E-state index is 0.0213.